The van der Waals surface area contributed by atoms with Gasteiger partial charge in [-0.1, -0.05) is 27.5 Å². The Bertz CT molecular complexity index is 393. The van der Waals surface area contributed by atoms with Crippen molar-refractivity contribution in [3.63, 3.8) is 0 Å². The predicted molar refractivity (Wildman–Crippen MR) is 80.9 cm³/mol. The lowest BCUT2D eigenvalue weighted by Crippen LogP contribution is -2.30. The first kappa shape index (κ1) is 14.2. The quantitative estimate of drug-likeness (QED) is 0.770. The average Bonchev–Trinajstić information content (AvgIpc) is 2.39. The maximum atomic E-state index is 6.04. The summed E-state index contributed by atoms with van der Waals surface area (Å²) in [7, 11) is 2.16. The lowest BCUT2D eigenvalue weighted by Gasteiger charge is -2.29. The number of ether oxygens (including phenoxy) is 1. The van der Waals surface area contributed by atoms with Crippen LogP contribution >= 0.6 is 27.5 Å². The van der Waals surface area contributed by atoms with Crippen LogP contribution in [0.5, 0.6) is 0 Å². The Hall–Kier alpha value is -0.250. The Morgan fingerprint density at radius 2 is 2.11 bits per heavy atom. The van der Waals surface area contributed by atoms with Crippen molar-refractivity contribution in [2.24, 2.45) is 5.92 Å². The van der Waals surface area contributed by atoms with Crippen LogP contribution in [0.3, 0.4) is 0 Å². The summed E-state index contributed by atoms with van der Waals surface area (Å²) in [6.07, 6.45) is 2.34. The molecule has 1 fully saturated rings. The Balaban J connectivity index is 2.05. The van der Waals surface area contributed by atoms with Crippen molar-refractivity contribution >= 4 is 33.2 Å². The third-order valence-electron chi connectivity index (χ3n) is 3.47. The zero-order chi connectivity index (χ0) is 13.0. The van der Waals surface area contributed by atoms with E-state index in [1.807, 2.05) is 12.1 Å². The summed E-state index contributed by atoms with van der Waals surface area (Å²) in [5.41, 5.74) is 2.51. The maximum absolute atomic E-state index is 6.04. The maximum Gasteiger partial charge on any atom is 0.0469 e. The molecule has 0 unspecified atom stereocenters. The van der Waals surface area contributed by atoms with Gasteiger partial charge in [-0.2, -0.15) is 0 Å². The number of anilines is 1. The molecule has 0 amide bonds. The highest BCUT2D eigenvalue weighted by Crippen LogP contribution is 2.27. The molecule has 0 aliphatic carbocycles. The van der Waals surface area contributed by atoms with Crippen molar-refractivity contribution in [1.29, 1.82) is 0 Å². The van der Waals surface area contributed by atoms with Gasteiger partial charge in [0.25, 0.3) is 0 Å². The number of benzene rings is 1. The fourth-order valence-corrected chi connectivity index (χ4v) is 3.09. The van der Waals surface area contributed by atoms with Crippen LogP contribution in [-0.2, 0) is 10.1 Å². The lowest BCUT2D eigenvalue weighted by molar-refractivity contribution is 0.0685. The van der Waals surface area contributed by atoms with E-state index < -0.39 is 0 Å². The summed E-state index contributed by atoms with van der Waals surface area (Å²) >= 11 is 9.57. The van der Waals surface area contributed by atoms with Crippen LogP contribution in [0.25, 0.3) is 0 Å². The molecule has 2 nitrogen and oxygen atoms in total. The van der Waals surface area contributed by atoms with Crippen LogP contribution in [-0.4, -0.2) is 26.8 Å². The summed E-state index contributed by atoms with van der Waals surface area (Å²) in [5, 5.41) is 1.63. The van der Waals surface area contributed by atoms with Gasteiger partial charge in [0.15, 0.2) is 0 Å². The summed E-state index contributed by atoms with van der Waals surface area (Å²) in [6.45, 7) is 2.90. The van der Waals surface area contributed by atoms with E-state index >= 15 is 0 Å². The number of halogens is 2. The highest BCUT2D eigenvalue weighted by atomic mass is 79.9. The monoisotopic (exact) mass is 331 g/mol. The lowest BCUT2D eigenvalue weighted by atomic mass is 9.99. The molecular weight excluding hydrogens is 314 g/mol. The predicted octanol–water partition coefficient (Wildman–Crippen LogP) is 4.10. The van der Waals surface area contributed by atoms with Gasteiger partial charge in [0, 0.05) is 42.8 Å². The Labute approximate surface area is 122 Å². The first-order valence-corrected chi connectivity index (χ1v) is 7.84. The summed E-state index contributed by atoms with van der Waals surface area (Å²) in [5.74, 6) is 0.739. The number of hydrogen-bond acceptors (Lipinski definition) is 2. The second kappa shape index (κ2) is 6.78. The molecule has 1 aromatic rings. The molecule has 0 saturated carbocycles. The normalized spacial score (nSPS) is 16.8. The van der Waals surface area contributed by atoms with Crippen LogP contribution in [0.1, 0.15) is 18.4 Å². The van der Waals surface area contributed by atoms with E-state index in [2.05, 4.69) is 33.9 Å². The molecule has 2 rings (SSSR count). The molecule has 0 radical (unpaired) electrons. The molecule has 0 spiro atoms. The van der Waals surface area contributed by atoms with Gasteiger partial charge in [-0.05, 0) is 42.5 Å². The van der Waals surface area contributed by atoms with E-state index in [0.717, 1.165) is 36.0 Å². The molecule has 1 heterocycles. The van der Waals surface area contributed by atoms with Gasteiger partial charge in [0.1, 0.15) is 0 Å². The number of alkyl halides is 1. The van der Waals surface area contributed by atoms with Crippen molar-refractivity contribution in [3.8, 4) is 0 Å². The molecule has 1 aliphatic heterocycles. The molecular formula is C14H19BrClNO. The minimum absolute atomic E-state index is 0.739. The summed E-state index contributed by atoms with van der Waals surface area (Å²) in [4.78, 5) is 2.34. The fourth-order valence-electron chi connectivity index (χ4n) is 2.45. The SMILES string of the molecule is CN(CC1CCOCC1)c1ccc(Cl)cc1CBr. The molecule has 0 bridgehead atoms. The fraction of sp³-hybridized carbons (Fsp3) is 0.571. The van der Waals surface area contributed by atoms with E-state index in [4.69, 9.17) is 16.3 Å². The van der Waals surface area contributed by atoms with Crippen molar-refractivity contribution in [2.75, 3.05) is 31.7 Å². The van der Waals surface area contributed by atoms with Gasteiger partial charge < -0.3 is 9.64 Å². The Morgan fingerprint density at radius 3 is 2.78 bits per heavy atom. The van der Waals surface area contributed by atoms with Crippen molar-refractivity contribution in [3.05, 3.63) is 28.8 Å². The molecule has 1 saturated heterocycles. The van der Waals surface area contributed by atoms with Crippen molar-refractivity contribution < 1.29 is 4.74 Å². The second-order valence-corrected chi connectivity index (χ2v) is 5.84. The Morgan fingerprint density at radius 1 is 1.39 bits per heavy atom. The summed E-state index contributed by atoms with van der Waals surface area (Å²) in [6, 6.07) is 6.11. The first-order valence-electron chi connectivity index (χ1n) is 6.34. The molecule has 0 atom stereocenters. The minimum atomic E-state index is 0.739. The van der Waals surface area contributed by atoms with Crippen LogP contribution in [0.4, 0.5) is 5.69 Å². The van der Waals surface area contributed by atoms with Gasteiger partial charge in [0.2, 0.25) is 0 Å². The molecule has 100 valence electrons. The summed E-state index contributed by atoms with van der Waals surface area (Å²) < 4.78 is 5.40. The minimum Gasteiger partial charge on any atom is -0.381 e. The first-order chi connectivity index (χ1) is 8.70. The third kappa shape index (κ3) is 3.62. The standard InChI is InChI=1S/C14H19BrClNO/c1-17(10-11-4-6-18-7-5-11)14-3-2-13(16)8-12(14)9-15/h2-3,8,11H,4-7,9-10H2,1H3. The van der Waals surface area contributed by atoms with Crippen LogP contribution in [0.2, 0.25) is 5.02 Å². The smallest absolute Gasteiger partial charge is 0.0469 e. The zero-order valence-corrected chi connectivity index (χ0v) is 13.0. The van der Waals surface area contributed by atoms with E-state index in [-0.39, 0.29) is 0 Å². The Kier molecular flexibility index (Phi) is 5.34. The van der Waals surface area contributed by atoms with Gasteiger partial charge >= 0.3 is 0 Å². The molecule has 1 aromatic carbocycles. The van der Waals surface area contributed by atoms with Crippen LogP contribution < -0.4 is 4.90 Å². The van der Waals surface area contributed by atoms with E-state index in [1.165, 1.54) is 24.1 Å². The largest absolute Gasteiger partial charge is 0.381 e. The third-order valence-corrected chi connectivity index (χ3v) is 4.31. The number of rotatable bonds is 4. The highest BCUT2D eigenvalue weighted by molar-refractivity contribution is 9.08. The van der Waals surface area contributed by atoms with E-state index in [9.17, 15) is 0 Å². The molecule has 0 N–H and O–H groups in total. The highest BCUT2D eigenvalue weighted by Gasteiger charge is 2.17. The molecule has 4 heteroatoms. The average molecular weight is 333 g/mol. The van der Waals surface area contributed by atoms with E-state index in [1.54, 1.807) is 0 Å². The molecule has 0 aromatic heterocycles. The zero-order valence-electron chi connectivity index (χ0n) is 10.7. The van der Waals surface area contributed by atoms with E-state index in [0.29, 0.717) is 0 Å². The number of nitrogens with zero attached hydrogens (tertiary/aromatic N) is 1. The van der Waals surface area contributed by atoms with Gasteiger partial charge in [-0.25, -0.2) is 0 Å². The second-order valence-electron chi connectivity index (χ2n) is 4.84. The van der Waals surface area contributed by atoms with Gasteiger partial charge in [-0.3, -0.25) is 0 Å². The van der Waals surface area contributed by atoms with Crippen LogP contribution in [0.15, 0.2) is 18.2 Å². The topological polar surface area (TPSA) is 12.5 Å². The van der Waals surface area contributed by atoms with Gasteiger partial charge in [0.05, 0.1) is 0 Å². The van der Waals surface area contributed by atoms with Crippen molar-refractivity contribution in [1.82, 2.24) is 0 Å². The molecule has 1 aliphatic rings. The number of hydrogen-bond donors (Lipinski definition) is 0. The van der Waals surface area contributed by atoms with Gasteiger partial charge in [-0.15, -0.1) is 0 Å². The van der Waals surface area contributed by atoms with Crippen molar-refractivity contribution in [2.45, 2.75) is 18.2 Å². The van der Waals surface area contributed by atoms with Crippen LogP contribution in [0, 0.1) is 5.92 Å². The molecule has 18 heavy (non-hydrogen) atoms.